The second kappa shape index (κ2) is 21.8. The summed E-state index contributed by atoms with van der Waals surface area (Å²) in [5.74, 6) is -1.68. The van der Waals surface area contributed by atoms with Gasteiger partial charge in [-0.25, -0.2) is 0 Å². The number of rotatable bonds is 20. The van der Waals surface area contributed by atoms with Crippen LogP contribution >= 0.6 is 0 Å². The minimum atomic E-state index is -1.68. The second-order valence-electron chi connectivity index (χ2n) is 15.3. The van der Waals surface area contributed by atoms with Crippen molar-refractivity contribution in [2.45, 2.75) is 107 Å². The summed E-state index contributed by atoms with van der Waals surface area (Å²) < 4.78 is 54.0. The Labute approximate surface area is 353 Å². The van der Waals surface area contributed by atoms with Crippen LogP contribution in [0.3, 0.4) is 0 Å². The van der Waals surface area contributed by atoms with Crippen molar-refractivity contribution >= 4 is 0 Å². The molecule has 0 bridgehead atoms. The Balaban J connectivity index is 1.30. The highest BCUT2D eigenvalue weighted by Gasteiger charge is 2.60. The van der Waals surface area contributed by atoms with Crippen LogP contribution < -0.4 is 0 Å². The van der Waals surface area contributed by atoms with Crippen molar-refractivity contribution in [3.8, 4) is 0 Å². The zero-order valence-corrected chi connectivity index (χ0v) is 34.0. The second-order valence-corrected chi connectivity index (χ2v) is 15.3. The Kier molecular flexibility index (Phi) is 15.8. The molecule has 60 heavy (non-hydrogen) atoms. The lowest BCUT2D eigenvalue weighted by Crippen LogP contribution is -2.71. The Morgan fingerprint density at radius 1 is 0.550 bits per heavy atom. The fourth-order valence-electron chi connectivity index (χ4n) is 7.79. The molecule has 10 nitrogen and oxygen atoms in total. The van der Waals surface area contributed by atoms with Gasteiger partial charge < -0.3 is 48.1 Å². The van der Waals surface area contributed by atoms with Gasteiger partial charge in [0.1, 0.15) is 42.7 Å². The van der Waals surface area contributed by atoms with Crippen molar-refractivity contribution < 1.29 is 48.1 Å². The molecule has 0 aliphatic carbocycles. The van der Waals surface area contributed by atoms with Crippen molar-refractivity contribution in [3.63, 3.8) is 0 Å². The fourth-order valence-corrected chi connectivity index (χ4v) is 7.79. The van der Waals surface area contributed by atoms with E-state index in [1.54, 1.807) is 13.0 Å². The van der Waals surface area contributed by atoms with Crippen LogP contribution in [0.5, 0.6) is 0 Å². The quantitative estimate of drug-likeness (QED) is 0.0758. The summed E-state index contributed by atoms with van der Waals surface area (Å²) in [4.78, 5) is 0. The lowest BCUT2D eigenvalue weighted by Gasteiger charge is -2.54. The lowest BCUT2D eigenvalue weighted by molar-refractivity contribution is -0.414. The van der Waals surface area contributed by atoms with E-state index in [9.17, 15) is 10.2 Å². The van der Waals surface area contributed by atoms with Gasteiger partial charge in [-0.15, -0.1) is 6.58 Å². The number of aliphatic hydroxyl groups excluding tert-OH is 2. The minimum absolute atomic E-state index is 0.0938. The Morgan fingerprint density at radius 2 is 0.967 bits per heavy atom. The fraction of sp³-hybridized carbons (Fsp3) is 0.360. The van der Waals surface area contributed by atoms with Gasteiger partial charge in [-0.05, 0) is 34.7 Å². The van der Waals surface area contributed by atoms with E-state index < -0.39 is 60.9 Å². The molecular formula is C50H56O10. The van der Waals surface area contributed by atoms with E-state index in [2.05, 4.69) is 6.58 Å². The minimum Gasteiger partial charge on any atom is -0.385 e. The average molecular weight is 817 g/mol. The highest BCUT2D eigenvalue weighted by atomic mass is 16.8. The van der Waals surface area contributed by atoms with Gasteiger partial charge in [-0.2, -0.15) is 0 Å². The van der Waals surface area contributed by atoms with Crippen molar-refractivity contribution in [2.75, 3.05) is 6.61 Å². The van der Waals surface area contributed by atoms with Crippen LogP contribution in [0.2, 0.25) is 0 Å². The largest absolute Gasteiger partial charge is 0.385 e. The summed E-state index contributed by atoms with van der Waals surface area (Å²) >= 11 is 0. The number of ether oxygens (including phenoxy) is 8. The molecule has 10 heteroatoms. The normalized spacial score (nSPS) is 27.9. The van der Waals surface area contributed by atoms with Crippen LogP contribution in [0.4, 0.5) is 0 Å². The van der Waals surface area contributed by atoms with Gasteiger partial charge in [0.25, 0.3) is 0 Å². The third kappa shape index (κ3) is 11.4. The number of benzene rings is 5. The van der Waals surface area contributed by atoms with Crippen molar-refractivity contribution in [2.24, 2.45) is 0 Å². The molecule has 2 N–H and O–H groups in total. The molecule has 10 atom stereocenters. The maximum absolute atomic E-state index is 11.8. The van der Waals surface area contributed by atoms with E-state index in [0.29, 0.717) is 6.61 Å². The van der Waals surface area contributed by atoms with Gasteiger partial charge in [-0.3, -0.25) is 0 Å². The average Bonchev–Trinajstić information content (AvgIpc) is 3.28. The van der Waals surface area contributed by atoms with Crippen molar-refractivity contribution in [1.29, 1.82) is 0 Å². The van der Waals surface area contributed by atoms with Gasteiger partial charge in [-0.1, -0.05) is 158 Å². The molecular weight excluding hydrogens is 761 g/mol. The molecule has 316 valence electrons. The molecule has 0 spiro atoms. The van der Waals surface area contributed by atoms with Crippen LogP contribution in [0, 0.1) is 0 Å². The van der Waals surface area contributed by atoms with E-state index in [4.69, 9.17) is 37.9 Å². The molecule has 5 aromatic carbocycles. The first-order valence-electron chi connectivity index (χ1n) is 20.6. The molecule has 2 fully saturated rings. The standard InChI is InChI=1S/C50H56O10/c1-3-29-50(60-46-43(51)49(52)58-36(2)44(46)54-31-38-21-11-5-12-22-38)48(57-34-41-27-17-8-18-28-41)47(56-33-40-25-15-7-16-26-40)45(55-32-39-23-13-6-14-24-39)42(59-50)35-53-30-37-19-9-4-10-20-37/h3-28,36,42-49,51-52H,1,29-35H2,2H3/t36-,42+,43+,44-,45+,46-,47-,48+,49+,50+/m0/s1. The van der Waals surface area contributed by atoms with E-state index in [0.717, 1.165) is 27.8 Å². The molecule has 2 aliphatic heterocycles. The first kappa shape index (κ1) is 43.5. The third-order valence-corrected chi connectivity index (χ3v) is 10.8. The van der Waals surface area contributed by atoms with E-state index >= 15 is 0 Å². The maximum atomic E-state index is 11.8. The zero-order valence-electron chi connectivity index (χ0n) is 34.0. The Morgan fingerprint density at radius 3 is 1.43 bits per heavy atom. The predicted octanol–water partition coefficient (Wildman–Crippen LogP) is 7.70. The molecule has 2 aliphatic rings. The van der Waals surface area contributed by atoms with Crippen LogP contribution in [-0.4, -0.2) is 77.7 Å². The molecule has 2 heterocycles. The summed E-state index contributed by atoms with van der Waals surface area (Å²) in [6, 6.07) is 49.3. The molecule has 7 rings (SSSR count). The van der Waals surface area contributed by atoms with Crippen molar-refractivity contribution in [1.82, 2.24) is 0 Å². The summed E-state index contributed by atoms with van der Waals surface area (Å²) in [7, 11) is 0. The summed E-state index contributed by atoms with van der Waals surface area (Å²) in [5.41, 5.74) is 4.76. The number of aliphatic hydroxyl groups is 2. The van der Waals surface area contributed by atoms with Crippen molar-refractivity contribution in [3.05, 3.63) is 192 Å². The van der Waals surface area contributed by atoms with E-state index in [1.165, 1.54) is 0 Å². The van der Waals surface area contributed by atoms with Gasteiger partial charge >= 0.3 is 0 Å². The molecule has 5 aromatic rings. The van der Waals surface area contributed by atoms with Crippen LogP contribution in [0.1, 0.15) is 41.2 Å². The molecule has 0 saturated carbocycles. The monoisotopic (exact) mass is 816 g/mol. The molecule has 0 aromatic heterocycles. The van der Waals surface area contributed by atoms with Gasteiger partial charge in [0.05, 0.1) is 45.7 Å². The van der Waals surface area contributed by atoms with Gasteiger partial charge in [0, 0.05) is 6.42 Å². The first-order valence-corrected chi connectivity index (χ1v) is 20.6. The third-order valence-electron chi connectivity index (χ3n) is 10.8. The molecule has 0 amide bonds. The summed E-state index contributed by atoms with van der Waals surface area (Å²) in [6.45, 7) is 7.21. The van der Waals surface area contributed by atoms with E-state index in [-0.39, 0.29) is 39.5 Å². The molecule has 0 unspecified atom stereocenters. The first-order chi connectivity index (χ1) is 29.4. The zero-order chi connectivity index (χ0) is 41.6. The van der Waals surface area contributed by atoms with Gasteiger partial charge in [0.15, 0.2) is 6.29 Å². The highest BCUT2D eigenvalue weighted by Crippen LogP contribution is 2.43. The Hall–Kier alpha value is -4.56. The molecule has 0 radical (unpaired) electrons. The number of hydrogen-bond acceptors (Lipinski definition) is 10. The Bertz CT molecular complexity index is 1970. The summed E-state index contributed by atoms with van der Waals surface area (Å²) in [5, 5.41) is 22.8. The molecule has 2 saturated heterocycles. The number of hydrogen-bond donors (Lipinski definition) is 2. The lowest BCUT2D eigenvalue weighted by atomic mass is 9.88. The van der Waals surface area contributed by atoms with Crippen LogP contribution in [-0.2, 0) is 70.9 Å². The van der Waals surface area contributed by atoms with E-state index in [1.807, 2.05) is 152 Å². The topological polar surface area (TPSA) is 114 Å². The maximum Gasteiger partial charge on any atom is 0.201 e. The highest BCUT2D eigenvalue weighted by molar-refractivity contribution is 5.18. The van der Waals surface area contributed by atoms with Crippen LogP contribution in [0.25, 0.3) is 0 Å². The predicted molar refractivity (Wildman–Crippen MR) is 226 cm³/mol. The SMILES string of the molecule is C=CC[C@]1(O[C@H]2[C@@H](O)[C@H](O)O[C@@H](C)[C@@H]2OCc2ccccc2)O[C@H](COCc2ccccc2)[C@@H](OCc2ccccc2)[C@H](OCc2ccccc2)[C@H]1OCc1ccccc1. The van der Waals surface area contributed by atoms with Crippen LogP contribution in [0.15, 0.2) is 164 Å². The summed E-state index contributed by atoms with van der Waals surface area (Å²) in [6.07, 6.45) is -7.28. The van der Waals surface area contributed by atoms with Gasteiger partial charge in [0.2, 0.25) is 5.79 Å². The smallest absolute Gasteiger partial charge is 0.201 e.